The molecule has 1 aromatic carbocycles. The lowest BCUT2D eigenvalue weighted by atomic mass is 10.1. The number of nitrogens with zero attached hydrogens (tertiary/aromatic N) is 2. The van der Waals surface area contributed by atoms with Crippen molar-refractivity contribution in [1.29, 1.82) is 0 Å². The summed E-state index contributed by atoms with van der Waals surface area (Å²) in [6.07, 6.45) is 0.859. The Morgan fingerprint density at radius 2 is 1.88 bits per heavy atom. The smallest absolute Gasteiger partial charge is 0.242 e. The molecule has 1 atom stereocenters. The minimum Gasteiger partial charge on any atom is -0.347 e. The lowest BCUT2D eigenvalue weighted by molar-refractivity contribution is -0.135. The average Bonchev–Trinajstić information content (AvgIpc) is 3.16. The summed E-state index contributed by atoms with van der Waals surface area (Å²) in [5, 5.41) is 5.96. The van der Waals surface area contributed by atoms with Gasteiger partial charge >= 0.3 is 0 Å². The zero-order valence-electron chi connectivity index (χ0n) is 14.0. The second-order valence-electron chi connectivity index (χ2n) is 6.55. The second kappa shape index (κ2) is 8.26. The molecular weight excluding hydrogens is 304 g/mol. The molecule has 6 nitrogen and oxygen atoms in total. The van der Waals surface area contributed by atoms with Crippen molar-refractivity contribution in [2.45, 2.75) is 13.0 Å². The van der Waals surface area contributed by atoms with E-state index in [1.54, 1.807) is 0 Å². The summed E-state index contributed by atoms with van der Waals surface area (Å²) in [7, 11) is 0. The monoisotopic (exact) mass is 330 g/mol. The molecule has 24 heavy (non-hydrogen) atoms. The molecule has 0 saturated carbocycles. The maximum atomic E-state index is 12.3. The third-order valence-corrected chi connectivity index (χ3v) is 4.82. The van der Waals surface area contributed by atoms with Crippen LogP contribution in [0.1, 0.15) is 12.0 Å². The van der Waals surface area contributed by atoms with Crippen molar-refractivity contribution in [1.82, 2.24) is 20.4 Å². The molecule has 2 amide bonds. The van der Waals surface area contributed by atoms with Gasteiger partial charge in [0.2, 0.25) is 11.8 Å². The van der Waals surface area contributed by atoms with Gasteiger partial charge in [-0.25, -0.2) is 0 Å². The maximum absolute atomic E-state index is 12.3. The summed E-state index contributed by atoms with van der Waals surface area (Å²) in [5.41, 5.74) is 1.30. The van der Waals surface area contributed by atoms with E-state index < -0.39 is 0 Å². The van der Waals surface area contributed by atoms with Gasteiger partial charge < -0.3 is 15.5 Å². The fourth-order valence-corrected chi connectivity index (χ4v) is 3.29. The Balaban J connectivity index is 1.38. The molecule has 0 radical (unpaired) electrons. The van der Waals surface area contributed by atoms with Gasteiger partial charge in [0.15, 0.2) is 0 Å². The van der Waals surface area contributed by atoms with E-state index in [0.717, 1.165) is 52.2 Å². The largest absolute Gasteiger partial charge is 0.347 e. The van der Waals surface area contributed by atoms with Crippen LogP contribution in [0.3, 0.4) is 0 Å². The molecule has 0 aliphatic carbocycles. The number of carbonyl (C=O) groups excluding carboxylic acids is 2. The van der Waals surface area contributed by atoms with Gasteiger partial charge in [0.25, 0.3) is 0 Å². The average molecular weight is 330 g/mol. The first kappa shape index (κ1) is 16.9. The van der Waals surface area contributed by atoms with E-state index in [9.17, 15) is 9.59 Å². The molecule has 1 aromatic rings. The van der Waals surface area contributed by atoms with Gasteiger partial charge in [0.05, 0.1) is 12.5 Å². The molecule has 2 saturated heterocycles. The number of benzene rings is 1. The van der Waals surface area contributed by atoms with E-state index in [2.05, 4.69) is 39.8 Å². The van der Waals surface area contributed by atoms with Gasteiger partial charge in [-0.1, -0.05) is 30.3 Å². The number of nitrogens with one attached hydrogen (secondary N) is 2. The predicted octanol–water partition coefficient (Wildman–Crippen LogP) is 0.0565. The van der Waals surface area contributed by atoms with E-state index in [1.807, 2.05) is 11.0 Å². The topological polar surface area (TPSA) is 64.7 Å². The molecule has 3 rings (SSSR count). The lowest BCUT2D eigenvalue weighted by Crippen LogP contribution is -2.51. The fraction of sp³-hybridized carbons (Fsp3) is 0.556. The Kier molecular flexibility index (Phi) is 5.82. The highest BCUT2D eigenvalue weighted by atomic mass is 16.2. The Bertz CT molecular complexity index is 549. The molecule has 0 bridgehead atoms. The molecule has 6 heteroatoms. The maximum Gasteiger partial charge on any atom is 0.242 e. The number of rotatable bonds is 5. The first-order valence-electron chi connectivity index (χ1n) is 8.75. The highest BCUT2D eigenvalue weighted by Gasteiger charge is 2.25. The van der Waals surface area contributed by atoms with Gasteiger partial charge in [0, 0.05) is 39.3 Å². The first-order valence-corrected chi connectivity index (χ1v) is 8.75. The van der Waals surface area contributed by atoms with Crippen LogP contribution in [-0.4, -0.2) is 67.4 Å². The molecular formula is C18H26N4O2. The summed E-state index contributed by atoms with van der Waals surface area (Å²) in [4.78, 5) is 28.4. The van der Waals surface area contributed by atoms with Crippen molar-refractivity contribution in [3.05, 3.63) is 35.9 Å². The van der Waals surface area contributed by atoms with Crippen molar-refractivity contribution >= 4 is 11.8 Å². The van der Waals surface area contributed by atoms with E-state index >= 15 is 0 Å². The SMILES string of the molecule is O=C(NCC(=O)N1CCN(Cc2ccccc2)CC1)C1CCNC1. The van der Waals surface area contributed by atoms with Crippen molar-refractivity contribution in [3.63, 3.8) is 0 Å². The molecule has 1 unspecified atom stereocenters. The molecule has 2 aliphatic heterocycles. The van der Waals surface area contributed by atoms with Gasteiger partial charge in [-0.05, 0) is 18.5 Å². The molecule has 2 fully saturated rings. The molecule has 130 valence electrons. The summed E-state index contributed by atoms with van der Waals surface area (Å²) in [6, 6.07) is 10.4. The predicted molar refractivity (Wildman–Crippen MR) is 92.3 cm³/mol. The first-order chi connectivity index (χ1) is 11.7. The quantitative estimate of drug-likeness (QED) is 0.801. The summed E-state index contributed by atoms with van der Waals surface area (Å²) >= 11 is 0. The van der Waals surface area contributed by atoms with Gasteiger partial charge in [-0.2, -0.15) is 0 Å². The highest BCUT2D eigenvalue weighted by Crippen LogP contribution is 2.09. The second-order valence-corrected chi connectivity index (χ2v) is 6.55. The van der Waals surface area contributed by atoms with Crippen LogP contribution in [0.15, 0.2) is 30.3 Å². The van der Waals surface area contributed by atoms with Gasteiger partial charge in [-0.15, -0.1) is 0 Å². The Morgan fingerprint density at radius 3 is 2.54 bits per heavy atom. The van der Waals surface area contributed by atoms with Crippen molar-refractivity contribution in [3.8, 4) is 0 Å². The van der Waals surface area contributed by atoms with Crippen LogP contribution in [0.4, 0.5) is 0 Å². The third kappa shape index (κ3) is 4.55. The summed E-state index contributed by atoms with van der Waals surface area (Å²) in [5.74, 6) is 0.0326. The Morgan fingerprint density at radius 1 is 1.12 bits per heavy atom. The number of carbonyl (C=O) groups is 2. The van der Waals surface area contributed by atoms with E-state index in [1.165, 1.54) is 5.56 Å². The molecule has 0 aromatic heterocycles. The van der Waals surface area contributed by atoms with Gasteiger partial charge in [-0.3, -0.25) is 14.5 Å². The van der Waals surface area contributed by atoms with Crippen molar-refractivity contribution in [2.75, 3.05) is 45.8 Å². The number of piperazine rings is 1. The normalized spacial score (nSPS) is 21.7. The fourth-order valence-electron chi connectivity index (χ4n) is 3.29. The molecule has 2 aliphatic rings. The minimum absolute atomic E-state index is 0.00364. The highest BCUT2D eigenvalue weighted by molar-refractivity contribution is 5.86. The van der Waals surface area contributed by atoms with Crippen LogP contribution in [-0.2, 0) is 16.1 Å². The van der Waals surface area contributed by atoms with Crippen LogP contribution < -0.4 is 10.6 Å². The van der Waals surface area contributed by atoms with E-state index in [0.29, 0.717) is 0 Å². The van der Waals surface area contributed by atoms with E-state index in [4.69, 9.17) is 0 Å². The van der Waals surface area contributed by atoms with Crippen molar-refractivity contribution in [2.24, 2.45) is 5.92 Å². The number of amides is 2. The van der Waals surface area contributed by atoms with Crippen molar-refractivity contribution < 1.29 is 9.59 Å². The van der Waals surface area contributed by atoms with Crippen LogP contribution in [0, 0.1) is 5.92 Å². The number of hydrogen-bond acceptors (Lipinski definition) is 4. The van der Waals surface area contributed by atoms with E-state index in [-0.39, 0.29) is 24.3 Å². The van der Waals surface area contributed by atoms with Crippen LogP contribution in [0.5, 0.6) is 0 Å². The minimum atomic E-state index is -0.00364. The number of hydrogen-bond donors (Lipinski definition) is 2. The molecule has 0 spiro atoms. The Hall–Kier alpha value is -1.92. The third-order valence-electron chi connectivity index (χ3n) is 4.82. The molecule has 2 N–H and O–H groups in total. The zero-order chi connectivity index (χ0) is 16.8. The molecule has 2 heterocycles. The van der Waals surface area contributed by atoms with Gasteiger partial charge in [0.1, 0.15) is 0 Å². The summed E-state index contributed by atoms with van der Waals surface area (Å²) in [6.45, 7) is 5.86. The Labute approximate surface area is 143 Å². The standard InChI is InChI=1S/C18H26N4O2/c23-17(13-20-18(24)16-6-7-19-12-16)22-10-8-21(9-11-22)14-15-4-2-1-3-5-15/h1-5,16,19H,6-14H2,(H,20,24). The lowest BCUT2D eigenvalue weighted by Gasteiger charge is -2.34. The zero-order valence-corrected chi connectivity index (χ0v) is 14.0. The van der Waals surface area contributed by atoms with Crippen LogP contribution in [0.25, 0.3) is 0 Å². The van der Waals surface area contributed by atoms with Crippen LogP contribution >= 0.6 is 0 Å². The summed E-state index contributed by atoms with van der Waals surface area (Å²) < 4.78 is 0. The van der Waals surface area contributed by atoms with Crippen LogP contribution in [0.2, 0.25) is 0 Å².